The number of aromatic nitrogens is 2. The maximum absolute atomic E-state index is 12.9. The van der Waals surface area contributed by atoms with E-state index < -0.39 is 68.4 Å². The minimum Gasteiger partial charge on any atom is -0.414 e. The van der Waals surface area contributed by atoms with Gasteiger partial charge in [0.25, 0.3) is 5.56 Å². The zero-order chi connectivity index (χ0) is 29.1. The lowest BCUT2D eigenvalue weighted by atomic mass is 9.86. The average molecular weight is 593 g/mol. The average Bonchev–Trinajstić information content (AvgIpc) is 2.95. The Morgan fingerprint density at radius 3 is 2.16 bits per heavy atom. The molecule has 0 saturated carbocycles. The summed E-state index contributed by atoms with van der Waals surface area (Å²) in [6, 6.07) is 1.21. The Labute approximate surface area is 227 Å². The predicted octanol–water partition coefficient (Wildman–Crippen LogP) is 3.66. The second-order valence-corrected chi connectivity index (χ2v) is 24.2. The Balaban J connectivity index is 2.21. The fourth-order valence-electron chi connectivity index (χ4n) is 4.23. The van der Waals surface area contributed by atoms with Crippen molar-refractivity contribution in [2.24, 2.45) is 0 Å². The van der Waals surface area contributed by atoms with Gasteiger partial charge in [0.05, 0.1) is 12.7 Å². The van der Waals surface area contributed by atoms with Crippen molar-refractivity contribution < 1.29 is 30.4 Å². The van der Waals surface area contributed by atoms with E-state index in [2.05, 4.69) is 59.6 Å². The Hall–Kier alpha value is -1.14. The molecule has 11 nitrogen and oxygen atoms in total. The van der Waals surface area contributed by atoms with Gasteiger partial charge in [-0.05, 0) is 43.2 Å². The van der Waals surface area contributed by atoms with Crippen LogP contribution in [0.3, 0.4) is 0 Å². The van der Waals surface area contributed by atoms with Gasteiger partial charge in [0.15, 0.2) is 22.9 Å². The van der Waals surface area contributed by atoms with Gasteiger partial charge in [-0.3, -0.25) is 14.3 Å². The van der Waals surface area contributed by atoms with Crippen LogP contribution in [-0.4, -0.2) is 65.1 Å². The lowest BCUT2D eigenvalue weighted by molar-refractivity contribution is -0.114. The van der Waals surface area contributed by atoms with Gasteiger partial charge in [0.2, 0.25) is 0 Å². The standard InChI is InChI=1S/C24H44N2O9SSi2/c1-16-14-24(35-36(29,30)33-16)17(15-31-37(8,9)22(2,3)4)32-20(26-13-12-18(27)25-21(26)28)19(24)34-38(10,11)23(5,6)7/h12-13,16-17,19-20H,14-15H2,1-11H3,(H,25,27,28)/t16-,17-,19+,20-,24+/m1/s1. The Morgan fingerprint density at radius 1 is 1.08 bits per heavy atom. The molecule has 2 fully saturated rings. The summed E-state index contributed by atoms with van der Waals surface area (Å²) < 4.78 is 57.8. The number of ether oxygens (including phenoxy) is 1. The molecule has 218 valence electrons. The smallest absolute Gasteiger partial charge is 0.400 e. The molecule has 1 aromatic rings. The van der Waals surface area contributed by atoms with Gasteiger partial charge >= 0.3 is 16.1 Å². The number of hydrogen-bond acceptors (Lipinski definition) is 9. The van der Waals surface area contributed by atoms with Crippen LogP contribution in [0.25, 0.3) is 0 Å². The molecule has 0 bridgehead atoms. The molecule has 0 unspecified atom stereocenters. The molecule has 1 spiro atoms. The first kappa shape index (κ1) is 31.4. The molecule has 1 aromatic heterocycles. The summed E-state index contributed by atoms with van der Waals surface area (Å²) in [5, 5.41) is -0.360. The first-order chi connectivity index (χ1) is 17.0. The fraction of sp³-hybridized carbons (Fsp3) is 0.833. The topological polar surface area (TPSA) is 135 Å². The highest BCUT2D eigenvalue weighted by molar-refractivity contribution is 7.82. The van der Waals surface area contributed by atoms with E-state index in [1.807, 2.05) is 13.1 Å². The van der Waals surface area contributed by atoms with E-state index >= 15 is 0 Å². The number of nitrogens with one attached hydrogen (secondary N) is 1. The fourth-order valence-corrected chi connectivity index (χ4v) is 7.69. The molecule has 14 heteroatoms. The monoisotopic (exact) mass is 592 g/mol. The summed E-state index contributed by atoms with van der Waals surface area (Å²) in [7, 11) is -9.29. The van der Waals surface area contributed by atoms with Gasteiger partial charge in [-0.1, -0.05) is 41.5 Å². The largest absolute Gasteiger partial charge is 0.414 e. The van der Waals surface area contributed by atoms with E-state index in [4.69, 9.17) is 22.0 Å². The van der Waals surface area contributed by atoms with E-state index in [0.717, 1.165) is 0 Å². The lowest BCUT2D eigenvalue weighted by Gasteiger charge is -2.47. The van der Waals surface area contributed by atoms with Crippen LogP contribution in [0.4, 0.5) is 0 Å². The van der Waals surface area contributed by atoms with Crippen molar-refractivity contribution in [3.05, 3.63) is 33.1 Å². The van der Waals surface area contributed by atoms with E-state index in [1.54, 1.807) is 6.92 Å². The van der Waals surface area contributed by atoms with Crippen LogP contribution in [0.5, 0.6) is 0 Å². The summed E-state index contributed by atoms with van der Waals surface area (Å²) in [5.41, 5.74) is -2.79. The summed E-state index contributed by atoms with van der Waals surface area (Å²) in [6.07, 6.45) is -2.27. The van der Waals surface area contributed by atoms with Crippen molar-refractivity contribution >= 4 is 27.0 Å². The van der Waals surface area contributed by atoms with Gasteiger partial charge in [-0.2, -0.15) is 8.42 Å². The van der Waals surface area contributed by atoms with Gasteiger partial charge in [0, 0.05) is 18.7 Å². The van der Waals surface area contributed by atoms with Crippen LogP contribution in [-0.2, 0) is 32.4 Å². The molecule has 2 aliphatic rings. The molecule has 38 heavy (non-hydrogen) atoms. The number of aromatic amines is 1. The number of H-pyrrole nitrogens is 1. The third kappa shape index (κ3) is 6.11. The van der Waals surface area contributed by atoms with E-state index in [9.17, 15) is 18.0 Å². The SMILES string of the molecule is C[C@@H]1C[C@]2(OS(=O)(=O)O1)[C@@H](CO[Si](C)(C)C(C)(C)C)O[C@@H](n1ccc(=O)[nH]c1=O)[C@@H]2O[Si](C)(C)C(C)(C)C. The molecule has 3 rings (SSSR count). The maximum Gasteiger partial charge on any atom is 0.400 e. The molecule has 0 aliphatic carbocycles. The van der Waals surface area contributed by atoms with Crippen molar-refractivity contribution in [2.45, 2.75) is 121 Å². The zero-order valence-electron chi connectivity index (χ0n) is 24.4. The molecule has 5 atom stereocenters. The number of nitrogens with zero attached hydrogens (tertiary/aromatic N) is 1. The summed E-state index contributed by atoms with van der Waals surface area (Å²) >= 11 is 0. The minimum atomic E-state index is -4.42. The number of hydrogen-bond donors (Lipinski definition) is 1. The molecular formula is C24H44N2O9SSi2. The summed E-state index contributed by atoms with van der Waals surface area (Å²) in [6.45, 7) is 22.4. The molecule has 1 N–H and O–H groups in total. The summed E-state index contributed by atoms with van der Waals surface area (Å²) in [4.78, 5) is 27.0. The molecule has 0 radical (unpaired) electrons. The molecular weight excluding hydrogens is 549 g/mol. The van der Waals surface area contributed by atoms with Crippen LogP contribution < -0.4 is 11.2 Å². The second kappa shape index (κ2) is 10.0. The highest BCUT2D eigenvalue weighted by Crippen LogP contribution is 2.51. The Kier molecular flexibility index (Phi) is 8.30. The third-order valence-electron chi connectivity index (χ3n) is 8.49. The van der Waals surface area contributed by atoms with Crippen molar-refractivity contribution in [1.29, 1.82) is 0 Å². The third-order valence-corrected chi connectivity index (χ3v) is 18.5. The van der Waals surface area contributed by atoms with E-state index in [-0.39, 0.29) is 23.1 Å². The number of rotatable bonds is 6. The molecule has 2 saturated heterocycles. The summed E-state index contributed by atoms with van der Waals surface area (Å²) in [5.74, 6) is 0. The van der Waals surface area contributed by atoms with Gasteiger partial charge in [-0.25, -0.2) is 13.2 Å². The van der Waals surface area contributed by atoms with Crippen LogP contribution in [0.15, 0.2) is 21.9 Å². The van der Waals surface area contributed by atoms with Crippen LogP contribution in [0.1, 0.15) is 61.1 Å². The van der Waals surface area contributed by atoms with Crippen molar-refractivity contribution in [3.8, 4) is 0 Å². The van der Waals surface area contributed by atoms with Gasteiger partial charge in [-0.15, -0.1) is 0 Å². The Bertz CT molecular complexity index is 1250. The normalized spacial score (nSPS) is 30.6. The molecule has 2 aliphatic heterocycles. The minimum absolute atomic E-state index is 0.0324. The van der Waals surface area contributed by atoms with E-state index in [1.165, 1.54) is 16.8 Å². The van der Waals surface area contributed by atoms with Crippen LogP contribution in [0.2, 0.25) is 36.3 Å². The first-order valence-electron chi connectivity index (χ1n) is 12.9. The first-order valence-corrected chi connectivity index (χ1v) is 20.1. The predicted molar refractivity (Wildman–Crippen MR) is 148 cm³/mol. The second-order valence-electron chi connectivity index (χ2n) is 13.5. The highest BCUT2D eigenvalue weighted by Gasteiger charge is 2.65. The van der Waals surface area contributed by atoms with Crippen molar-refractivity contribution in [2.75, 3.05) is 6.61 Å². The van der Waals surface area contributed by atoms with Crippen LogP contribution >= 0.6 is 0 Å². The Morgan fingerprint density at radius 2 is 1.66 bits per heavy atom. The quantitative estimate of drug-likeness (QED) is 0.491. The lowest BCUT2D eigenvalue weighted by Crippen LogP contribution is -2.61. The maximum atomic E-state index is 12.9. The van der Waals surface area contributed by atoms with E-state index in [0.29, 0.717) is 0 Å². The zero-order valence-corrected chi connectivity index (χ0v) is 27.2. The van der Waals surface area contributed by atoms with Gasteiger partial charge < -0.3 is 13.6 Å². The van der Waals surface area contributed by atoms with Crippen LogP contribution in [0, 0.1) is 0 Å². The molecule has 0 amide bonds. The molecule has 3 heterocycles. The van der Waals surface area contributed by atoms with Crippen molar-refractivity contribution in [1.82, 2.24) is 9.55 Å². The van der Waals surface area contributed by atoms with Crippen molar-refractivity contribution in [3.63, 3.8) is 0 Å². The highest BCUT2D eigenvalue weighted by atomic mass is 32.3. The van der Waals surface area contributed by atoms with Gasteiger partial charge in [0.1, 0.15) is 17.8 Å². The molecule has 0 aromatic carbocycles.